The van der Waals surface area contributed by atoms with E-state index in [1.807, 2.05) is 6.92 Å². The van der Waals surface area contributed by atoms with Gasteiger partial charge in [-0.3, -0.25) is 4.79 Å². The number of aliphatic carboxylic acids is 1. The van der Waals surface area contributed by atoms with Crippen molar-refractivity contribution in [3.8, 4) is 0 Å². The predicted molar refractivity (Wildman–Crippen MR) is 73.1 cm³/mol. The standard InChI is InChI=1S/C12H21N3O2S/c1-5-8(6-9(16)17)7-13-11-14-10(15-18-11)12(2,3)4/h8H,5-7H2,1-4H3,(H,16,17)(H,13,14,15). The lowest BCUT2D eigenvalue weighted by Gasteiger charge is -2.13. The van der Waals surface area contributed by atoms with Gasteiger partial charge in [0, 0.05) is 29.9 Å². The first-order chi connectivity index (χ1) is 8.32. The quantitative estimate of drug-likeness (QED) is 0.832. The highest BCUT2D eigenvalue weighted by Gasteiger charge is 2.20. The van der Waals surface area contributed by atoms with Crippen LogP contribution in [0.1, 0.15) is 46.4 Å². The Labute approximate surface area is 112 Å². The normalized spacial score (nSPS) is 13.3. The van der Waals surface area contributed by atoms with Crippen molar-refractivity contribution in [3.05, 3.63) is 5.82 Å². The maximum atomic E-state index is 10.7. The van der Waals surface area contributed by atoms with Gasteiger partial charge in [-0.05, 0) is 5.92 Å². The lowest BCUT2D eigenvalue weighted by molar-refractivity contribution is -0.138. The molecule has 1 aromatic heterocycles. The van der Waals surface area contributed by atoms with E-state index in [-0.39, 0.29) is 17.8 Å². The van der Waals surface area contributed by atoms with E-state index in [1.54, 1.807) is 0 Å². The van der Waals surface area contributed by atoms with Crippen LogP contribution in [0.25, 0.3) is 0 Å². The topological polar surface area (TPSA) is 75.1 Å². The molecule has 18 heavy (non-hydrogen) atoms. The van der Waals surface area contributed by atoms with Crippen LogP contribution in [0.4, 0.5) is 5.13 Å². The van der Waals surface area contributed by atoms with Crippen molar-refractivity contribution in [2.75, 3.05) is 11.9 Å². The van der Waals surface area contributed by atoms with Crippen molar-refractivity contribution in [1.29, 1.82) is 0 Å². The Kier molecular flexibility index (Phi) is 5.07. The third kappa shape index (κ3) is 4.60. The van der Waals surface area contributed by atoms with Gasteiger partial charge in [-0.25, -0.2) is 4.98 Å². The number of anilines is 1. The summed E-state index contributed by atoms with van der Waals surface area (Å²) in [5.74, 6) is 0.196. The van der Waals surface area contributed by atoms with Crippen molar-refractivity contribution in [2.45, 2.75) is 46.0 Å². The fraction of sp³-hybridized carbons (Fsp3) is 0.750. The molecule has 2 N–H and O–H groups in total. The van der Waals surface area contributed by atoms with Gasteiger partial charge in [-0.15, -0.1) is 0 Å². The second-order valence-electron chi connectivity index (χ2n) is 5.43. The third-order valence-corrected chi connectivity index (χ3v) is 3.35. The fourth-order valence-corrected chi connectivity index (χ4v) is 2.20. The molecule has 0 aromatic carbocycles. The van der Waals surface area contributed by atoms with Crippen molar-refractivity contribution >= 4 is 22.6 Å². The molecule has 0 fully saturated rings. The number of carboxylic acids is 1. The molecule has 0 radical (unpaired) electrons. The molecule has 0 aliphatic carbocycles. The summed E-state index contributed by atoms with van der Waals surface area (Å²) in [4.78, 5) is 15.1. The summed E-state index contributed by atoms with van der Waals surface area (Å²) < 4.78 is 4.30. The lowest BCUT2D eigenvalue weighted by atomic mass is 9.96. The molecule has 0 aliphatic heterocycles. The number of aromatic nitrogens is 2. The van der Waals surface area contributed by atoms with Gasteiger partial charge in [-0.1, -0.05) is 34.1 Å². The molecule has 0 aliphatic rings. The summed E-state index contributed by atoms with van der Waals surface area (Å²) >= 11 is 1.33. The SMILES string of the molecule is CCC(CNc1nc(C(C)(C)C)ns1)CC(=O)O. The minimum absolute atomic E-state index is 0.0539. The molecular formula is C12H21N3O2S. The van der Waals surface area contributed by atoms with Gasteiger partial charge in [0.15, 0.2) is 0 Å². The van der Waals surface area contributed by atoms with Crippen LogP contribution < -0.4 is 5.32 Å². The smallest absolute Gasteiger partial charge is 0.303 e. The molecule has 102 valence electrons. The number of hydrogen-bond acceptors (Lipinski definition) is 5. The van der Waals surface area contributed by atoms with Crippen LogP contribution in [0.5, 0.6) is 0 Å². The van der Waals surface area contributed by atoms with Gasteiger partial charge in [0.05, 0.1) is 0 Å². The fourth-order valence-electron chi connectivity index (χ4n) is 1.44. The summed E-state index contributed by atoms with van der Waals surface area (Å²) in [6.45, 7) is 8.83. The first kappa shape index (κ1) is 14.9. The maximum absolute atomic E-state index is 10.7. The Hall–Kier alpha value is -1.17. The van der Waals surface area contributed by atoms with Gasteiger partial charge in [0.1, 0.15) is 5.82 Å². The molecule has 6 heteroatoms. The molecular weight excluding hydrogens is 250 g/mol. The van der Waals surface area contributed by atoms with Crippen LogP contribution in [0.15, 0.2) is 0 Å². The van der Waals surface area contributed by atoms with Crippen LogP contribution in [0, 0.1) is 5.92 Å². The van der Waals surface area contributed by atoms with Gasteiger partial charge in [0.25, 0.3) is 0 Å². The van der Waals surface area contributed by atoms with E-state index in [0.717, 1.165) is 17.4 Å². The Balaban J connectivity index is 2.52. The Bertz CT molecular complexity index is 398. The van der Waals surface area contributed by atoms with Crippen LogP contribution in [0.3, 0.4) is 0 Å². The zero-order valence-electron chi connectivity index (χ0n) is 11.4. The molecule has 0 amide bonds. The Morgan fingerprint density at radius 1 is 1.50 bits per heavy atom. The maximum Gasteiger partial charge on any atom is 0.303 e. The zero-order chi connectivity index (χ0) is 13.8. The Morgan fingerprint density at radius 3 is 2.61 bits per heavy atom. The predicted octanol–water partition coefficient (Wildman–Crippen LogP) is 2.75. The molecule has 0 bridgehead atoms. The number of rotatable bonds is 6. The van der Waals surface area contributed by atoms with E-state index in [4.69, 9.17) is 5.11 Å². The molecule has 1 heterocycles. The number of nitrogens with one attached hydrogen (secondary N) is 1. The minimum Gasteiger partial charge on any atom is -0.481 e. The average molecular weight is 271 g/mol. The van der Waals surface area contributed by atoms with Crippen LogP contribution in [-0.2, 0) is 10.2 Å². The molecule has 0 saturated heterocycles. The first-order valence-electron chi connectivity index (χ1n) is 6.12. The largest absolute Gasteiger partial charge is 0.481 e. The summed E-state index contributed by atoms with van der Waals surface area (Å²) in [5.41, 5.74) is -0.0539. The number of nitrogens with zero attached hydrogens (tertiary/aromatic N) is 2. The Morgan fingerprint density at radius 2 is 2.17 bits per heavy atom. The van der Waals surface area contributed by atoms with E-state index >= 15 is 0 Å². The number of carboxylic acid groups (broad SMARTS) is 1. The van der Waals surface area contributed by atoms with Gasteiger partial charge in [-0.2, -0.15) is 4.37 Å². The molecule has 1 aromatic rings. The van der Waals surface area contributed by atoms with Gasteiger partial charge < -0.3 is 10.4 Å². The molecule has 1 unspecified atom stereocenters. The van der Waals surface area contributed by atoms with Crippen LogP contribution >= 0.6 is 11.5 Å². The molecule has 1 atom stereocenters. The van der Waals surface area contributed by atoms with E-state index in [0.29, 0.717) is 6.54 Å². The molecule has 1 rings (SSSR count). The van der Waals surface area contributed by atoms with Gasteiger partial charge >= 0.3 is 5.97 Å². The summed E-state index contributed by atoms with van der Waals surface area (Å²) in [5, 5.41) is 12.7. The average Bonchev–Trinajstić information content (AvgIpc) is 2.71. The molecule has 0 spiro atoms. The second-order valence-corrected chi connectivity index (χ2v) is 6.18. The summed E-state index contributed by atoms with van der Waals surface area (Å²) in [7, 11) is 0. The zero-order valence-corrected chi connectivity index (χ0v) is 12.2. The van der Waals surface area contributed by atoms with Crippen LogP contribution in [-0.4, -0.2) is 27.0 Å². The third-order valence-electron chi connectivity index (χ3n) is 2.68. The van der Waals surface area contributed by atoms with Crippen molar-refractivity contribution < 1.29 is 9.90 Å². The van der Waals surface area contributed by atoms with E-state index < -0.39 is 5.97 Å². The van der Waals surface area contributed by atoms with E-state index in [2.05, 4.69) is 35.4 Å². The lowest BCUT2D eigenvalue weighted by Crippen LogP contribution is -2.17. The van der Waals surface area contributed by atoms with Crippen LogP contribution in [0.2, 0.25) is 0 Å². The monoisotopic (exact) mass is 271 g/mol. The summed E-state index contributed by atoms with van der Waals surface area (Å²) in [6, 6.07) is 0. The van der Waals surface area contributed by atoms with Crippen molar-refractivity contribution in [1.82, 2.24) is 9.36 Å². The summed E-state index contributed by atoms with van der Waals surface area (Å²) in [6.07, 6.45) is 1.03. The molecule has 5 nitrogen and oxygen atoms in total. The van der Waals surface area contributed by atoms with Gasteiger partial charge in [0.2, 0.25) is 5.13 Å². The highest BCUT2D eigenvalue weighted by Crippen LogP contribution is 2.23. The number of carbonyl (C=O) groups is 1. The first-order valence-corrected chi connectivity index (χ1v) is 6.90. The van der Waals surface area contributed by atoms with Crippen molar-refractivity contribution in [3.63, 3.8) is 0 Å². The van der Waals surface area contributed by atoms with E-state index in [9.17, 15) is 4.79 Å². The second kappa shape index (κ2) is 6.13. The number of hydrogen-bond donors (Lipinski definition) is 2. The highest BCUT2D eigenvalue weighted by atomic mass is 32.1. The molecule has 0 saturated carbocycles. The highest BCUT2D eigenvalue weighted by molar-refractivity contribution is 7.09. The minimum atomic E-state index is -0.753. The van der Waals surface area contributed by atoms with Crippen molar-refractivity contribution in [2.24, 2.45) is 5.92 Å². The van der Waals surface area contributed by atoms with E-state index in [1.165, 1.54) is 11.5 Å².